The van der Waals surface area contributed by atoms with Crippen LogP contribution in [0.2, 0.25) is 0 Å². The van der Waals surface area contributed by atoms with Crippen molar-refractivity contribution in [2.24, 2.45) is 10.4 Å². The highest BCUT2D eigenvalue weighted by molar-refractivity contribution is 6.04. The molecule has 2 rings (SSSR count). The summed E-state index contributed by atoms with van der Waals surface area (Å²) in [6.07, 6.45) is 10.6. The number of carbonyl (C=O) groups is 1. The van der Waals surface area contributed by atoms with Crippen molar-refractivity contribution in [3.63, 3.8) is 0 Å². The van der Waals surface area contributed by atoms with Gasteiger partial charge in [-0.2, -0.15) is 0 Å². The molecule has 0 aromatic heterocycles. The summed E-state index contributed by atoms with van der Waals surface area (Å²) < 4.78 is 4.74. The van der Waals surface area contributed by atoms with Gasteiger partial charge in [-0.3, -0.25) is 9.79 Å². The van der Waals surface area contributed by atoms with Gasteiger partial charge in [-0.25, -0.2) is 0 Å². The van der Waals surface area contributed by atoms with Crippen LogP contribution >= 0.6 is 12.4 Å². The van der Waals surface area contributed by atoms with Crippen LogP contribution < -0.4 is 0 Å². The second-order valence-electron chi connectivity index (χ2n) is 2.94. The number of hydrogen-bond donors (Lipinski definition) is 0. The van der Waals surface area contributed by atoms with Gasteiger partial charge in [-0.05, 0) is 5.57 Å². The van der Waals surface area contributed by atoms with Crippen LogP contribution in [0.1, 0.15) is 0 Å². The van der Waals surface area contributed by atoms with E-state index >= 15 is 0 Å². The average molecular weight is 212 g/mol. The van der Waals surface area contributed by atoms with Crippen LogP contribution in [0.4, 0.5) is 0 Å². The van der Waals surface area contributed by atoms with Crippen LogP contribution in [-0.4, -0.2) is 19.3 Å². The summed E-state index contributed by atoms with van der Waals surface area (Å²) in [6, 6.07) is 0. The van der Waals surface area contributed by atoms with E-state index in [-0.39, 0.29) is 18.4 Å². The Morgan fingerprint density at radius 3 is 3.00 bits per heavy atom. The average Bonchev–Trinajstić information content (AvgIpc) is 2.61. The van der Waals surface area contributed by atoms with Crippen LogP contribution in [0.3, 0.4) is 0 Å². The highest BCUT2D eigenvalue weighted by Gasteiger charge is 2.41. The van der Waals surface area contributed by atoms with E-state index in [1.807, 2.05) is 18.2 Å². The summed E-state index contributed by atoms with van der Waals surface area (Å²) in [6.45, 7) is 0. The van der Waals surface area contributed by atoms with Crippen molar-refractivity contribution in [3.05, 3.63) is 36.1 Å². The molecule has 1 heterocycles. The van der Waals surface area contributed by atoms with Gasteiger partial charge in [-0.15, -0.1) is 12.4 Å². The van der Waals surface area contributed by atoms with Crippen LogP contribution in [0.25, 0.3) is 0 Å². The molecule has 0 radical (unpaired) electrons. The first kappa shape index (κ1) is 10.7. The number of halogens is 1. The number of rotatable bonds is 1. The fraction of sp³-hybridized carbons (Fsp3) is 0.200. The van der Waals surface area contributed by atoms with Crippen LogP contribution in [0.5, 0.6) is 0 Å². The van der Waals surface area contributed by atoms with Gasteiger partial charge in [0.05, 0.1) is 7.11 Å². The second kappa shape index (κ2) is 3.80. The lowest BCUT2D eigenvalue weighted by Crippen LogP contribution is -2.32. The Hall–Kier alpha value is -1.35. The molecule has 0 fully saturated rings. The van der Waals surface area contributed by atoms with E-state index in [1.165, 1.54) is 7.11 Å². The topological polar surface area (TPSA) is 38.7 Å². The Morgan fingerprint density at radius 2 is 2.29 bits per heavy atom. The zero-order chi connectivity index (χ0) is 9.31. The summed E-state index contributed by atoms with van der Waals surface area (Å²) in [4.78, 5) is 15.5. The van der Waals surface area contributed by atoms with Crippen molar-refractivity contribution in [2.75, 3.05) is 7.11 Å². The standard InChI is InChI=1S/C10H9NO2.ClH/c1-13-9(12)10-5-3-2-4-8(10)6-11-7-10;/h2-7H,1H3;1H. The molecule has 0 saturated heterocycles. The highest BCUT2D eigenvalue weighted by atomic mass is 35.5. The third kappa shape index (κ3) is 1.30. The lowest BCUT2D eigenvalue weighted by molar-refractivity contribution is -0.144. The zero-order valence-electron chi connectivity index (χ0n) is 7.64. The van der Waals surface area contributed by atoms with E-state index in [0.717, 1.165) is 5.57 Å². The molecular formula is C10H10ClNO2. The van der Waals surface area contributed by atoms with E-state index < -0.39 is 5.41 Å². The Morgan fingerprint density at radius 1 is 1.50 bits per heavy atom. The summed E-state index contributed by atoms with van der Waals surface area (Å²) >= 11 is 0. The molecule has 0 saturated carbocycles. The number of ether oxygens (including phenoxy) is 1. The number of nitrogens with zero attached hydrogens (tertiary/aromatic N) is 1. The smallest absolute Gasteiger partial charge is 0.325 e. The SMILES string of the molecule is COC(=O)C12C=CC=CC1=CN=C2.Cl. The third-order valence-corrected chi connectivity index (χ3v) is 2.24. The number of carbonyl (C=O) groups excluding carboxylic acids is 1. The molecule has 1 aliphatic heterocycles. The van der Waals surface area contributed by atoms with Gasteiger partial charge >= 0.3 is 5.97 Å². The molecule has 1 aliphatic carbocycles. The number of hydrogen-bond acceptors (Lipinski definition) is 3. The normalized spacial score (nSPS) is 26.5. The fourth-order valence-electron chi connectivity index (χ4n) is 1.51. The Balaban J connectivity index is 0.000000980. The van der Waals surface area contributed by atoms with E-state index in [1.54, 1.807) is 18.5 Å². The zero-order valence-corrected chi connectivity index (χ0v) is 8.45. The van der Waals surface area contributed by atoms with Gasteiger partial charge < -0.3 is 4.74 Å². The first-order valence-electron chi connectivity index (χ1n) is 3.99. The number of aliphatic imine (C=N–C) groups is 1. The van der Waals surface area contributed by atoms with Crippen molar-refractivity contribution in [3.8, 4) is 0 Å². The Labute approximate surface area is 88.3 Å². The largest absolute Gasteiger partial charge is 0.468 e. The van der Waals surface area contributed by atoms with Crippen LogP contribution in [-0.2, 0) is 9.53 Å². The fourth-order valence-corrected chi connectivity index (χ4v) is 1.51. The van der Waals surface area contributed by atoms with Crippen molar-refractivity contribution in [2.45, 2.75) is 0 Å². The maximum atomic E-state index is 11.5. The molecular weight excluding hydrogens is 202 g/mol. The highest BCUT2D eigenvalue weighted by Crippen LogP contribution is 2.35. The van der Waals surface area contributed by atoms with Crippen LogP contribution in [0.15, 0.2) is 41.1 Å². The first-order chi connectivity index (χ1) is 6.29. The van der Waals surface area contributed by atoms with E-state index in [0.29, 0.717) is 0 Å². The molecule has 0 bridgehead atoms. The molecule has 14 heavy (non-hydrogen) atoms. The Bertz CT molecular complexity index is 368. The second-order valence-corrected chi connectivity index (χ2v) is 2.94. The predicted molar refractivity (Wildman–Crippen MR) is 56.6 cm³/mol. The molecule has 0 N–H and O–H groups in total. The minimum atomic E-state index is -0.760. The van der Waals surface area contributed by atoms with Crippen molar-refractivity contribution in [1.29, 1.82) is 0 Å². The summed E-state index contributed by atoms with van der Waals surface area (Å²) in [5, 5.41) is 0. The monoisotopic (exact) mass is 211 g/mol. The maximum absolute atomic E-state index is 11.5. The van der Waals surface area contributed by atoms with Crippen molar-refractivity contribution < 1.29 is 9.53 Å². The van der Waals surface area contributed by atoms with Gasteiger partial charge in [-0.1, -0.05) is 24.3 Å². The third-order valence-electron chi connectivity index (χ3n) is 2.24. The minimum Gasteiger partial charge on any atom is -0.468 e. The van der Waals surface area contributed by atoms with Gasteiger partial charge in [0.25, 0.3) is 0 Å². The van der Waals surface area contributed by atoms with Gasteiger partial charge in [0.1, 0.15) is 5.41 Å². The van der Waals surface area contributed by atoms with Crippen molar-refractivity contribution >= 4 is 24.6 Å². The number of allylic oxidation sites excluding steroid dienone is 3. The van der Waals surface area contributed by atoms with E-state index in [4.69, 9.17) is 4.74 Å². The van der Waals surface area contributed by atoms with E-state index in [2.05, 4.69) is 4.99 Å². The number of fused-ring (bicyclic) bond motifs is 1. The molecule has 0 aromatic rings. The molecule has 4 heteroatoms. The summed E-state index contributed by atoms with van der Waals surface area (Å²) in [5.74, 6) is -0.291. The van der Waals surface area contributed by atoms with Gasteiger partial charge in [0.2, 0.25) is 0 Å². The van der Waals surface area contributed by atoms with Gasteiger partial charge in [0, 0.05) is 12.4 Å². The lowest BCUT2D eigenvalue weighted by Gasteiger charge is -2.22. The number of methoxy groups -OCH3 is 1. The maximum Gasteiger partial charge on any atom is 0.325 e. The quantitative estimate of drug-likeness (QED) is 0.619. The lowest BCUT2D eigenvalue weighted by atomic mass is 9.80. The molecule has 1 unspecified atom stereocenters. The van der Waals surface area contributed by atoms with Crippen LogP contribution in [0, 0.1) is 5.41 Å². The molecule has 0 amide bonds. The first-order valence-corrected chi connectivity index (χ1v) is 3.99. The molecule has 74 valence electrons. The van der Waals surface area contributed by atoms with Crippen molar-refractivity contribution in [1.82, 2.24) is 0 Å². The Kier molecular flexibility index (Phi) is 2.91. The van der Waals surface area contributed by atoms with Gasteiger partial charge in [0.15, 0.2) is 0 Å². The molecule has 0 spiro atoms. The number of esters is 1. The summed E-state index contributed by atoms with van der Waals surface area (Å²) in [7, 11) is 1.38. The molecule has 1 atom stereocenters. The predicted octanol–water partition coefficient (Wildman–Crippen LogP) is 1.66. The molecule has 3 nitrogen and oxygen atoms in total. The summed E-state index contributed by atoms with van der Waals surface area (Å²) in [5.41, 5.74) is 0.102. The molecule has 2 aliphatic rings. The molecule has 0 aromatic carbocycles. The van der Waals surface area contributed by atoms with E-state index in [9.17, 15) is 4.79 Å². The minimum absolute atomic E-state index is 0.